The fourth-order valence-electron chi connectivity index (χ4n) is 2.78. The number of nitrogens with one attached hydrogen (secondary N) is 2. The Morgan fingerprint density at radius 2 is 1.46 bits per heavy atom. The summed E-state index contributed by atoms with van der Waals surface area (Å²) < 4.78 is 0. The van der Waals surface area contributed by atoms with Crippen LogP contribution in [0.15, 0.2) is 78.9 Å². The van der Waals surface area contributed by atoms with Crippen molar-refractivity contribution in [3.8, 4) is 0 Å². The molecule has 28 heavy (non-hydrogen) atoms. The number of aryl methyl sites for hydroxylation is 1. The van der Waals surface area contributed by atoms with E-state index in [1.54, 1.807) is 48.5 Å². The van der Waals surface area contributed by atoms with Gasteiger partial charge in [-0.1, -0.05) is 48.0 Å². The number of anilines is 1. The number of benzene rings is 3. The average Bonchev–Trinajstić information content (AvgIpc) is 2.73. The number of rotatable bonds is 7. The first-order valence-electron chi connectivity index (χ1n) is 9.11. The van der Waals surface area contributed by atoms with E-state index in [1.807, 2.05) is 18.2 Å². The minimum atomic E-state index is -0.277. The second-order valence-corrected chi connectivity index (χ2v) is 6.82. The number of halogens is 1. The third-order valence-electron chi connectivity index (χ3n) is 4.26. The van der Waals surface area contributed by atoms with Crippen molar-refractivity contribution >= 4 is 29.1 Å². The first-order valence-corrected chi connectivity index (χ1v) is 9.49. The normalized spacial score (nSPS) is 10.3. The Kier molecular flexibility index (Phi) is 6.82. The van der Waals surface area contributed by atoms with Crippen LogP contribution in [-0.4, -0.2) is 18.4 Å². The molecule has 0 unspecified atom stereocenters. The zero-order valence-electron chi connectivity index (χ0n) is 15.3. The molecule has 0 radical (unpaired) electrons. The molecule has 4 nitrogen and oxygen atoms in total. The van der Waals surface area contributed by atoms with Gasteiger partial charge in [0.1, 0.15) is 0 Å². The second-order valence-electron chi connectivity index (χ2n) is 6.39. The summed E-state index contributed by atoms with van der Waals surface area (Å²) in [6.45, 7) is 0.578. The summed E-state index contributed by atoms with van der Waals surface area (Å²) in [6, 6.07) is 23.7. The lowest BCUT2D eigenvalue weighted by Gasteiger charge is -2.08. The molecular weight excluding hydrogens is 372 g/mol. The fourth-order valence-corrected chi connectivity index (χ4v) is 2.91. The van der Waals surface area contributed by atoms with Crippen LogP contribution in [0.3, 0.4) is 0 Å². The molecule has 5 heteroatoms. The Bertz CT molecular complexity index is 940. The molecule has 3 aromatic rings. The van der Waals surface area contributed by atoms with E-state index in [0.717, 1.165) is 12.8 Å². The summed E-state index contributed by atoms with van der Waals surface area (Å²) in [5.74, 6) is -0.463. The van der Waals surface area contributed by atoms with Gasteiger partial charge >= 0.3 is 0 Å². The molecule has 142 valence electrons. The molecule has 0 aliphatic carbocycles. The summed E-state index contributed by atoms with van der Waals surface area (Å²) in [6.07, 6.45) is 1.76. The molecule has 0 aromatic heterocycles. The number of carbonyl (C=O) groups is 2. The number of hydrogen-bond donors (Lipinski definition) is 2. The highest BCUT2D eigenvalue weighted by molar-refractivity contribution is 6.30. The minimum Gasteiger partial charge on any atom is -0.352 e. The van der Waals surface area contributed by atoms with E-state index >= 15 is 0 Å². The SMILES string of the molecule is O=C(NCCCc1ccccc1)c1cccc(C(=O)Nc2ccc(Cl)cc2)c1. The van der Waals surface area contributed by atoms with Crippen LogP contribution < -0.4 is 10.6 Å². The summed E-state index contributed by atoms with van der Waals surface area (Å²) in [4.78, 5) is 24.8. The highest BCUT2D eigenvalue weighted by Crippen LogP contribution is 2.15. The average molecular weight is 393 g/mol. The topological polar surface area (TPSA) is 58.2 Å². The van der Waals surface area contributed by atoms with Gasteiger partial charge in [0, 0.05) is 28.4 Å². The lowest BCUT2D eigenvalue weighted by molar-refractivity contribution is 0.0953. The van der Waals surface area contributed by atoms with E-state index in [-0.39, 0.29) is 11.8 Å². The van der Waals surface area contributed by atoms with Crippen molar-refractivity contribution in [1.82, 2.24) is 5.32 Å². The molecule has 0 aliphatic rings. The van der Waals surface area contributed by atoms with Crippen LogP contribution in [0.1, 0.15) is 32.7 Å². The smallest absolute Gasteiger partial charge is 0.255 e. The van der Waals surface area contributed by atoms with Crippen molar-refractivity contribution in [1.29, 1.82) is 0 Å². The van der Waals surface area contributed by atoms with Crippen LogP contribution >= 0.6 is 11.6 Å². The largest absolute Gasteiger partial charge is 0.352 e. The lowest BCUT2D eigenvalue weighted by Crippen LogP contribution is -2.25. The molecule has 3 aromatic carbocycles. The van der Waals surface area contributed by atoms with E-state index < -0.39 is 0 Å². The van der Waals surface area contributed by atoms with Crippen molar-refractivity contribution in [2.24, 2.45) is 0 Å². The van der Waals surface area contributed by atoms with Crippen LogP contribution in [0.4, 0.5) is 5.69 Å². The van der Waals surface area contributed by atoms with Crippen LogP contribution in [0, 0.1) is 0 Å². The molecule has 2 amide bonds. The van der Waals surface area contributed by atoms with Gasteiger partial charge in [0.25, 0.3) is 11.8 Å². The highest BCUT2D eigenvalue weighted by atomic mass is 35.5. The molecule has 0 fully saturated rings. The molecule has 0 saturated carbocycles. The molecule has 0 bridgehead atoms. The van der Waals surface area contributed by atoms with Crippen molar-refractivity contribution in [3.05, 3.63) is 101 Å². The van der Waals surface area contributed by atoms with E-state index in [9.17, 15) is 9.59 Å². The van der Waals surface area contributed by atoms with Crippen LogP contribution in [-0.2, 0) is 6.42 Å². The molecular formula is C23H21ClN2O2. The third-order valence-corrected chi connectivity index (χ3v) is 4.51. The van der Waals surface area contributed by atoms with Crippen LogP contribution in [0.25, 0.3) is 0 Å². The second kappa shape index (κ2) is 9.72. The maximum Gasteiger partial charge on any atom is 0.255 e. The zero-order valence-corrected chi connectivity index (χ0v) is 16.1. The quantitative estimate of drug-likeness (QED) is 0.558. The van der Waals surface area contributed by atoms with E-state index in [2.05, 4.69) is 22.8 Å². The maximum atomic E-state index is 12.4. The van der Waals surface area contributed by atoms with E-state index in [4.69, 9.17) is 11.6 Å². The van der Waals surface area contributed by atoms with Crippen LogP contribution in [0.5, 0.6) is 0 Å². The lowest BCUT2D eigenvalue weighted by atomic mass is 10.1. The van der Waals surface area contributed by atoms with Gasteiger partial charge in [0.15, 0.2) is 0 Å². The monoisotopic (exact) mass is 392 g/mol. The molecule has 0 spiro atoms. The predicted octanol–water partition coefficient (Wildman–Crippen LogP) is 4.95. The third kappa shape index (κ3) is 5.69. The first kappa shape index (κ1) is 19.6. The standard InChI is InChI=1S/C23H21ClN2O2/c24-20-11-13-21(14-12-20)26-23(28)19-10-4-9-18(16-19)22(27)25-15-5-8-17-6-2-1-3-7-17/h1-4,6-7,9-14,16H,5,8,15H2,(H,25,27)(H,26,28). The van der Waals surface area contributed by atoms with Gasteiger partial charge in [-0.15, -0.1) is 0 Å². The fraction of sp³-hybridized carbons (Fsp3) is 0.130. The van der Waals surface area contributed by atoms with Crippen molar-refractivity contribution in [2.75, 3.05) is 11.9 Å². The molecule has 3 rings (SSSR count). The summed E-state index contributed by atoms with van der Waals surface area (Å²) in [5, 5.41) is 6.30. The number of carbonyl (C=O) groups excluding carboxylic acids is 2. The summed E-state index contributed by atoms with van der Waals surface area (Å²) >= 11 is 5.85. The van der Waals surface area contributed by atoms with Gasteiger partial charge in [0.2, 0.25) is 0 Å². The van der Waals surface area contributed by atoms with Gasteiger partial charge in [-0.3, -0.25) is 9.59 Å². The van der Waals surface area contributed by atoms with Crippen molar-refractivity contribution in [3.63, 3.8) is 0 Å². The summed E-state index contributed by atoms with van der Waals surface area (Å²) in [5.41, 5.74) is 2.78. The van der Waals surface area contributed by atoms with Gasteiger partial charge in [-0.2, -0.15) is 0 Å². The molecule has 2 N–H and O–H groups in total. The molecule has 0 aliphatic heterocycles. The minimum absolute atomic E-state index is 0.186. The first-order chi connectivity index (χ1) is 13.6. The molecule has 0 heterocycles. The summed E-state index contributed by atoms with van der Waals surface area (Å²) in [7, 11) is 0. The highest BCUT2D eigenvalue weighted by Gasteiger charge is 2.10. The van der Waals surface area contributed by atoms with Gasteiger partial charge in [-0.05, 0) is 60.9 Å². The molecule has 0 saturated heterocycles. The van der Waals surface area contributed by atoms with Crippen LogP contribution in [0.2, 0.25) is 5.02 Å². The van der Waals surface area contributed by atoms with Crippen molar-refractivity contribution in [2.45, 2.75) is 12.8 Å². The van der Waals surface area contributed by atoms with E-state index in [1.165, 1.54) is 5.56 Å². The van der Waals surface area contributed by atoms with Gasteiger partial charge < -0.3 is 10.6 Å². The van der Waals surface area contributed by atoms with Gasteiger partial charge in [0.05, 0.1) is 0 Å². The molecule has 0 atom stereocenters. The Morgan fingerprint density at radius 1 is 0.786 bits per heavy atom. The zero-order chi connectivity index (χ0) is 19.8. The number of amides is 2. The van der Waals surface area contributed by atoms with E-state index in [0.29, 0.717) is 28.4 Å². The predicted molar refractivity (Wildman–Crippen MR) is 113 cm³/mol. The Hall–Kier alpha value is -3.11. The maximum absolute atomic E-state index is 12.4. The van der Waals surface area contributed by atoms with Crippen molar-refractivity contribution < 1.29 is 9.59 Å². The Morgan fingerprint density at radius 3 is 2.18 bits per heavy atom. The Balaban J connectivity index is 1.53. The number of hydrogen-bond acceptors (Lipinski definition) is 2. The Labute approximate surface area is 169 Å². The van der Waals surface area contributed by atoms with Gasteiger partial charge in [-0.25, -0.2) is 0 Å².